The van der Waals surface area contributed by atoms with Crippen molar-refractivity contribution in [1.82, 2.24) is 0 Å². The van der Waals surface area contributed by atoms with Crippen LogP contribution in [-0.4, -0.2) is 40.0 Å². The van der Waals surface area contributed by atoms with Crippen LogP contribution in [0.2, 0.25) is 0 Å². The lowest BCUT2D eigenvalue weighted by Crippen LogP contribution is -2.14. The van der Waals surface area contributed by atoms with E-state index in [0.717, 1.165) is 12.8 Å². The summed E-state index contributed by atoms with van der Waals surface area (Å²) in [6.45, 7) is 13.0. The first-order chi connectivity index (χ1) is 14.2. The van der Waals surface area contributed by atoms with E-state index in [2.05, 4.69) is 37.4 Å². The Balaban J connectivity index is 0. The standard InChI is InChI=1S/C16H35O3P.C4H8NO4P/c1-5-9-11-15(7-3)13-18-20(17)19-14-16(8-4)12-10-6-2;1-3(5-6)4(2)9-10(7)8/h15-17H,5-14H2,1-4H3;4H,1-2H3,(H-,6,7,8)/p+1. The molecular weight excluding hydrogens is 428 g/mol. The van der Waals surface area contributed by atoms with Gasteiger partial charge in [0.25, 0.3) is 0 Å². The van der Waals surface area contributed by atoms with Crippen molar-refractivity contribution in [3.8, 4) is 0 Å². The highest BCUT2D eigenvalue weighted by atomic mass is 31.2. The lowest BCUT2D eigenvalue weighted by Gasteiger charge is -2.19. The van der Waals surface area contributed by atoms with Crippen molar-refractivity contribution in [2.75, 3.05) is 13.2 Å². The molecule has 0 heterocycles. The molecule has 0 aromatic heterocycles. The summed E-state index contributed by atoms with van der Waals surface area (Å²) in [5.41, 5.74) is 0.261. The maximum atomic E-state index is 10.0. The number of nitrogens with zero attached hydrogens (tertiary/aromatic N) is 1. The zero-order valence-corrected chi connectivity index (χ0v) is 21.4. The highest BCUT2D eigenvalue weighted by Crippen LogP contribution is 2.35. The highest BCUT2D eigenvalue weighted by Gasteiger charge is 2.21. The second-order valence-corrected chi connectivity index (χ2v) is 9.07. The fourth-order valence-corrected chi connectivity index (χ4v) is 3.64. The molecule has 0 bridgehead atoms. The van der Waals surface area contributed by atoms with Crippen LogP contribution in [0.4, 0.5) is 0 Å². The topological polar surface area (TPSA) is 118 Å². The smallest absolute Gasteiger partial charge is 0.411 e. The predicted molar refractivity (Wildman–Crippen MR) is 123 cm³/mol. The highest BCUT2D eigenvalue weighted by molar-refractivity contribution is 7.40. The van der Waals surface area contributed by atoms with E-state index in [4.69, 9.17) is 19.1 Å². The van der Waals surface area contributed by atoms with Gasteiger partial charge in [-0.1, -0.05) is 71.4 Å². The van der Waals surface area contributed by atoms with E-state index in [0.29, 0.717) is 25.0 Å². The van der Waals surface area contributed by atoms with E-state index in [1.54, 1.807) is 0 Å². The first-order valence-electron chi connectivity index (χ1n) is 11.0. The third kappa shape index (κ3) is 19.7. The summed E-state index contributed by atoms with van der Waals surface area (Å²) < 4.78 is 25.4. The van der Waals surface area contributed by atoms with Crippen LogP contribution < -0.4 is 0 Å². The van der Waals surface area contributed by atoms with Gasteiger partial charge in [0, 0.05) is 4.57 Å². The van der Waals surface area contributed by atoms with Gasteiger partial charge in [-0.05, 0) is 38.5 Å². The monoisotopic (exact) mass is 472 g/mol. The normalized spacial score (nSPS) is 16.3. The lowest BCUT2D eigenvalue weighted by molar-refractivity contribution is 0.148. The zero-order valence-electron chi connectivity index (χ0n) is 19.6. The van der Waals surface area contributed by atoms with Crippen LogP contribution in [0.25, 0.3) is 0 Å². The first-order valence-corrected chi connectivity index (χ1v) is 13.3. The van der Waals surface area contributed by atoms with E-state index >= 15 is 0 Å². The minimum atomic E-state index is -2.62. The molecule has 0 aliphatic heterocycles. The van der Waals surface area contributed by atoms with Gasteiger partial charge in [-0.2, -0.15) is 0 Å². The quantitative estimate of drug-likeness (QED) is 0.0949. The van der Waals surface area contributed by atoms with Crippen molar-refractivity contribution < 1.29 is 33.1 Å². The average Bonchev–Trinajstić information content (AvgIpc) is 2.73. The lowest BCUT2D eigenvalue weighted by atomic mass is 10.0. The Morgan fingerprint density at radius 2 is 1.43 bits per heavy atom. The van der Waals surface area contributed by atoms with Gasteiger partial charge in [0.15, 0.2) is 6.10 Å². The molecule has 0 amide bonds. The second kappa shape index (κ2) is 22.0. The van der Waals surface area contributed by atoms with Crippen LogP contribution in [0.3, 0.4) is 0 Å². The maximum absolute atomic E-state index is 10.0. The summed E-state index contributed by atoms with van der Waals surface area (Å²) in [6.07, 6.45) is 8.87. The summed E-state index contributed by atoms with van der Waals surface area (Å²) in [7, 11) is -4.31. The average molecular weight is 473 g/mol. The number of hydrogen-bond donors (Lipinski definition) is 3. The fraction of sp³-hybridized carbons (Fsp3) is 0.950. The summed E-state index contributed by atoms with van der Waals surface area (Å²) in [5, 5.41) is 10.9. The summed E-state index contributed by atoms with van der Waals surface area (Å²) >= 11 is 0. The third-order valence-corrected chi connectivity index (χ3v) is 6.16. The minimum Gasteiger partial charge on any atom is -0.411 e. The SMILES string of the molecule is CC(=NO)C(C)O[P+](=O)O.CCCCC(CC)COP(O)OCC(CC)CCCC. The van der Waals surface area contributed by atoms with E-state index in [9.17, 15) is 9.46 Å². The molecule has 0 saturated carbocycles. The van der Waals surface area contributed by atoms with Crippen molar-refractivity contribution in [3.63, 3.8) is 0 Å². The Morgan fingerprint density at radius 1 is 1.00 bits per heavy atom. The van der Waals surface area contributed by atoms with Crippen molar-refractivity contribution in [2.24, 2.45) is 17.0 Å². The van der Waals surface area contributed by atoms with Crippen molar-refractivity contribution in [2.45, 2.75) is 99.0 Å². The molecule has 10 heteroatoms. The molecule has 0 saturated heterocycles. The molecule has 180 valence electrons. The van der Waals surface area contributed by atoms with Gasteiger partial charge in [-0.3, -0.25) is 0 Å². The molecule has 0 fully saturated rings. The van der Waals surface area contributed by atoms with Gasteiger partial charge >= 0.3 is 16.9 Å². The molecule has 0 spiro atoms. The second-order valence-electron chi connectivity index (χ2n) is 7.39. The van der Waals surface area contributed by atoms with Gasteiger partial charge in [0.1, 0.15) is 0 Å². The molecule has 4 atom stereocenters. The van der Waals surface area contributed by atoms with Gasteiger partial charge in [0.2, 0.25) is 0 Å². The summed E-state index contributed by atoms with van der Waals surface area (Å²) in [4.78, 5) is 18.0. The van der Waals surface area contributed by atoms with Crippen LogP contribution in [0.1, 0.15) is 92.9 Å². The molecule has 0 aliphatic rings. The van der Waals surface area contributed by atoms with E-state index < -0.39 is 23.0 Å². The Kier molecular flexibility index (Phi) is 23.5. The molecule has 0 radical (unpaired) electrons. The first kappa shape index (κ1) is 32.0. The Labute approximate surface area is 185 Å². The molecule has 0 rings (SSSR count). The van der Waals surface area contributed by atoms with Gasteiger partial charge in [0.05, 0.1) is 18.9 Å². The third-order valence-electron chi connectivity index (χ3n) is 4.92. The Morgan fingerprint density at radius 3 is 1.73 bits per heavy atom. The van der Waals surface area contributed by atoms with Crippen LogP contribution in [-0.2, 0) is 18.1 Å². The molecule has 0 aromatic rings. The molecule has 0 aliphatic carbocycles. The van der Waals surface area contributed by atoms with Crippen LogP contribution in [0.5, 0.6) is 0 Å². The van der Waals surface area contributed by atoms with Crippen LogP contribution in [0, 0.1) is 11.8 Å². The van der Waals surface area contributed by atoms with E-state index in [1.165, 1.54) is 52.4 Å². The Bertz CT molecular complexity index is 421. The van der Waals surface area contributed by atoms with Gasteiger partial charge in [-0.25, -0.2) is 0 Å². The molecular formula is C20H44NO7P2+. The van der Waals surface area contributed by atoms with Gasteiger partial charge in [-0.15, -0.1) is 9.42 Å². The largest absolute Gasteiger partial charge is 0.695 e. The van der Waals surface area contributed by atoms with E-state index in [1.807, 2.05) is 0 Å². The summed E-state index contributed by atoms with van der Waals surface area (Å²) in [6, 6.07) is 0. The fourth-order valence-electron chi connectivity index (χ4n) is 2.46. The molecule has 8 nitrogen and oxygen atoms in total. The maximum Gasteiger partial charge on any atom is 0.695 e. The number of rotatable bonds is 17. The molecule has 4 unspecified atom stereocenters. The zero-order chi connectivity index (χ0) is 23.4. The molecule has 0 aromatic carbocycles. The van der Waals surface area contributed by atoms with Crippen LogP contribution >= 0.6 is 16.9 Å². The molecule has 3 N–H and O–H groups in total. The Hall–Kier alpha value is -0.200. The van der Waals surface area contributed by atoms with Crippen molar-refractivity contribution in [3.05, 3.63) is 0 Å². The van der Waals surface area contributed by atoms with Crippen LogP contribution in [0.15, 0.2) is 5.16 Å². The molecule has 30 heavy (non-hydrogen) atoms. The number of hydrogen-bond acceptors (Lipinski definition) is 7. The van der Waals surface area contributed by atoms with Crippen molar-refractivity contribution >= 4 is 22.6 Å². The number of unbranched alkanes of at least 4 members (excludes halogenated alkanes) is 2. The summed E-state index contributed by atoms with van der Waals surface area (Å²) in [5.74, 6) is 1.11. The van der Waals surface area contributed by atoms with E-state index in [-0.39, 0.29) is 5.71 Å². The number of oxime groups is 1. The van der Waals surface area contributed by atoms with Gasteiger partial charge < -0.3 is 19.1 Å². The van der Waals surface area contributed by atoms with Crippen molar-refractivity contribution in [1.29, 1.82) is 0 Å². The minimum absolute atomic E-state index is 0.261. The predicted octanol–water partition coefficient (Wildman–Crippen LogP) is 6.56.